The molecule has 0 saturated carbocycles. The van der Waals surface area contributed by atoms with Crippen molar-refractivity contribution in [1.29, 1.82) is 0 Å². The predicted octanol–water partition coefficient (Wildman–Crippen LogP) is 2.36. The maximum Gasteiger partial charge on any atom is 0.231 e. The van der Waals surface area contributed by atoms with E-state index >= 15 is 0 Å². The Kier molecular flexibility index (Phi) is 4.37. The second-order valence-electron chi connectivity index (χ2n) is 6.24. The van der Waals surface area contributed by atoms with Crippen molar-refractivity contribution in [3.8, 4) is 0 Å². The molecule has 2 amide bonds. The van der Waals surface area contributed by atoms with Crippen LogP contribution in [0.3, 0.4) is 0 Å². The molecule has 1 saturated heterocycles. The van der Waals surface area contributed by atoms with Gasteiger partial charge in [-0.15, -0.1) is 10.2 Å². The molecule has 1 aliphatic rings. The van der Waals surface area contributed by atoms with E-state index in [-0.39, 0.29) is 18.2 Å². The van der Waals surface area contributed by atoms with Gasteiger partial charge in [-0.3, -0.25) is 19.6 Å². The molecule has 3 aromatic rings. The minimum atomic E-state index is -0.434. The topological polar surface area (TPSA) is 104 Å². The quantitative estimate of drug-likeness (QED) is 0.717. The standard InChI is InChI=1S/C17H18N6O2S/c1-2-5-13-20-22-17(26-13)18-16(25)10-8-14(24)23(9-10)15-11-6-3-4-7-12(11)19-21-15/h3-4,6-7,10H,2,5,8-9H2,1H3,(H,19,21)(H,18,22,25). The number of aryl methyl sites for hydroxylation is 1. The molecule has 26 heavy (non-hydrogen) atoms. The summed E-state index contributed by atoms with van der Waals surface area (Å²) in [4.78, 5) is 26.5. The Hall–Kier alpha value is -2.81. The van der Waals surface area contributed by atoms with Crippen LogP contribution in [0.15, 0.2) is 24.3 Å². The van der Waals surface area contributed by atoms with E-state index in [1.165, 1.54) is 11.3 Å². The molecule has 9 heteroatoms. The minimum Gasteiger partial charge on any atom is -0.300 e. The summed E-state index contributed by atoms with van der Waals surface area (Å²) < 4.78 is 0. The Bertz CT molecular complexity index is 965. The van der Waals surface area contributed by atoms with Gasteiger partial charge in [0.2, 0.25) is 16.9 Å². The van der Waals surface area contributed by atoms with E-state index in [0.717, 1.165) is 28.8 Å². The van der Waals surface area contributed by atoms with Gasteiger partial charge in [-0.05, 0) is 18.6 Å². The lowest BCUT2D eigenvalue weighted by molar-refractivity contribution is -0.122. The Balaban J connectivity index is 1.47. The van der Waals surface area contributed by atoms with Crippen molar-refractivity contribution in [1.82, 2.24) is 20.4 Å². The number of benzene rings is 1. The summed E-state index contributed by atoms with van der Waals surface area (Å²) >= 11 is 1.38. The van der Waals surface area contributed by atoms with Crippen molar-refractivity contribution in [2.45, 2.75) is 26.2 Å². The van der Waals surface area contributed by atoms with Gasteiger partial charge in [0.15, 0.2) is 5.82 Å². The van der Waals surface area contributed by atoms with Gasteiger partial charge < -0.3 is 5.32 Å². The lowest BCUT2D eigenvalue weighted by Crippen LogP contribution is -2.28. The van der Waals surface area contributed by atoms with Crippen LogP contribution in [0, 0.1) is 5.92 Å². The van der Waals surface area contributed by atoms with Crippen LogP contribution in [0.5, 0.6) is 0 Å². The maximum atomic E-state index is 12.5. The van der Waals surface area contributed by atoms with Crippen LogP contribution in [-0.2, 0) is 16.0 Å². The number of carbonyl (C=O) groups excluding carboxylic acids is 2. The molecule has 1 aliphatic heterocycles. The third kappa shape index (κ3) is 3.05. The van der Waals surface area contributed by atoms with E-state index in [2.05, 4.69) is 32.6 Å². The second kappa shape index (κ2) is 6.83. The largest absolute Gasteiger partial charge is 0.300 e. The number of fused-ring (bicyclic) bond motifs is 1. The predicted molar refractivity (Wildman–Crippen MR) is 99.1 cm³/mol. The molecule has 2 N–H and O–H groups in total. The van der Waals surface area contributed by atoms with Crippen LogP contribution < -0.4 is 10.2 Å². The first-order chi connectivity index (χ1) is 12.7. The molecule has 1 fully saturated rings. The number of H-pyrrole nitrogens is 1. The summed E-state index contributed by atoms with van der Waals surface area (Å²) in [6.45, 7) is 2.37. The highest BCUT2D eigenvalue weighted by atomic mass is 32.1. The van der Waals surface area contributed by atoms with Gasteiger partial charge in [-0.25, -0.2) is 0 Å². The molecule has 0 radical (unpaired) electrons. The van der Waals surface area contributed by atoms with Crippen LogP contribution in [-0.4, -0.2) is 38.8 Å². The van der Waals surface area contributed by atoms with Crippen molar-refractivity contribution in [3.05, 3.63) is 29.3 Å². The van der Waals surface area contributed by atoms with Gasteiger partial charge in [0.1, 0.15) is 5.01 Å². The summed E-state index contributed by atoms with van der Waals surface area (Å²) in [5.41, 5.74) is 0.862. The smallest absolute Gasteiger partial charge is 0.231 e. The SMILES string of the molecule is CCCc1nnc(NC(=O)C2CC(=O)N(c3n[nH]c4ccccc34)C2)s1. The summed E-state index contributed by atoms with van der Waals surface area (Å²) in [6, 6.07) is 7.61. The summed E-state index contributed by atoms with van der Waals surface area (Å²) in [7, 11) is 0. The zero-order chi connectivity index (χ0) is 18.1. The first kappa shape index (κ1) is 16.6. The number of nitrogens with zero attached hydrogens (tertiary/aromatic N) is 4. The number of carbonyl (C=O) groups is 2. The van der Waals surface area contributed by atoms with Gasteiger partial charge >= 0.3 is 0 Å². The summed E-state index contributed by atoms with van der Waals surface area (Å²) in [5.74, 6) is -0.176. The maximum absolute atomic E-state index is 12.5. The fourth-order valence-electron chi connectivity index (χ4n) is 3.07. The lowest BCUT2D eigenvalue weighted by atomic mass is 10.1. The number of hydrogen-bond acceptors (Lipinski definition) is 6. The summed E-state index contributed by atoms with van der Waals surface area (Å²) in [5, 5.41) is 20.3. The number of para-hydroxylation sites is 1. The number of anilines is 2. The van der Waals surface area contributed by atoms with E-state index in [0.29, 0.717) is 17.5 Å². The molecule has 8 nitrogen and oxygen atoms in total. The van der Waals surface area contributed by atoms with E-state index in [9.17, 15) is 9.59 Å². The van der Waals surface area contributed by atoms with Gasteiger partial charge in [-0.1, -0.05) is 30.4 Å². The molecular weight excluding hydrogens is 352 g/mol. The lowest BCUT2D eigenvalue weighted by Gasteiger charge is -2.13. The first-order valence-electron chi connectivity index (χ1n) is 8.52. The van der Waals surface area contributed by atoms with Crippen LogP contribution >= 0.6 is 11.3 Å². The van der Waals surface area contributed by atoms with Gasteiger partial charge in [0.05, 0.1) is 11.4 Å². The van der Waals surface area contributed by atoms with Crippen LogP contribution in [0.25, 0.3) is 10.9 Å². The molecule has 0 bridgehead atoms. The highest BCUT2D eigenvalue weighted by Gasteiger charge is 2.37. The van der Waals surface area contributed by atoms with Crippen molar-refractivity contribution in [2.24, 2.45) is 5.92 Å². The molecule has 2 aromatic heterocycles. The number of hydrogen-bond donors (Lipinski definition) is 2. The normalized spacial score (nSPS) is 17.2. The number of rotatable bonds is 5. The molecule has 0 spiro atoms. The Morgan fingerprint density at radius 3 is 3.08 bits per heavy atom. The van der Waals surface area contributed by atoms with Crippen LogP contribution in [0.4, 0.5) is 10.9 Å². The van der Waals surface area contributed by atoms with Crippen LogP contribution in [0.2, 0.25) is 0 Å². The Labute approximate surface area is 153 Å². The van der Waals surface area contributed by atoms with Crippen molar-refractivity contribution >= 4 is 45.0 Å². The second-order valence-corrected chi connectivity index (χ2v) is 7.30. The fourth-order valence-corrected chi connectivity index (χ4v) is 3.91. The number of amides is 2. The zero-order valence-corrected chi connectivity index (χ0v) is 15.0. The van der Waals surface area contributed by atoms with Crippen molar-refractivity contribution in [3.63, 3.8) is 0 Å². The number of nitrogens with one attached hydrogen (secondary N) is 2. The molecule has 134 valence electrons. The van der Waals surface area contributed by atoms with E-state index in [1.807, 2.05) is 24.3 Å². The zero-order valence-electron chi connectivity index (χ0n) is 14.2. The van der Waals surface area contributed by atoms with Gasteiger partial charge in [-0.2, -0.15) is 5.10 Å². The van der Waals surface area contributed by atoms with Crippen molar-refractivity contribution < 1.29 is 9.59 Å². The minimum absolute atomic E-state index is 0.105. The molecule has 4 rings (SSSR count). The van der Waals surface area contributed by atoms with Gasteiger partial charge in [0, 0.05) is 24.8 Å². The van der Waals surface area contributed by atoms with E-state index in [1.54, 1.807) is 4.90 Å². The molecule has 1 aromatic carbocycles. The third-order valence-corrected chi connectivity index (χ3v) is 5.26. The third-order valence-electron chi connectivity index (χ3n) is 4.36. The molecule has 3 heterocycles. The molecule has 1 atom stereocenters. The Morgan fingerprint density at radius 2 is 2.23 bits per heavy atom. The van der Waals surface area contributed by atoms with Crippen molar-refractivity contribution in [2.75, 3.05) is 16.8 Å². The van der Waals surface area contributed by atoms with Gasteiger partial charge in [0.25, 0.3) is 0 Å². The summed E-state index contributed by atoms with van der Waals surface area (Å²) in [6.07, 6.45) is 1.98. The van der Waals surface area contributed by atoms with E-state index < -0.39 is 5.92 Å². The molecular formula is C17H18N6O2S. The highest BCUT2D eigenvalue weighted by molar-refractivity contribution is 7.15. The first-order valence-corrected chi connectivity index (χ1v) is 9.34. The number of aromatic nitrogens is 4. The molecule has 0 aliphatic carbocycles. The monoisotopic (exact) mass is 370 g/mol. The number of aromatic amines is 1. The Morgan fingerprint density at radius 1 is 1.38 bits per heavy atom. The highest BCUT2D eigenvalue weighted by Crippen LogP contribution is 2.30. The molecule has 1 unspecified atom stereocenters. The average molecular weight is 370 g/mol. The van der Waals surface area contributed by atoms with Crippen LogP contribution in [0.1, 0.15) is 24.8 Å². The average Bonchev–Trinajstić information content (AvgIpc) is 3.34. The van der Waals surface area contributed by atoms with E-state index in [4.69, 9.17) is 0 Å². The fraction of sp³-hybridized carbons (Fsp3) is 0.353.